The van der Waals surface area contributed by atoms with Crippen molar-refractivity contribution in [3.05, 3.63) is 23.9 Å². The summed E-state index contributed by atoms with van der Waals surface area (Å²) in [7, 11) is 0. The minimum Gasteiger partial charge on any atom is -0.477 e. The highest BCUT2D eigenvalue weighted by Crippen LogP contribution is 1.83. The van der Waals surface area contributed by atoms with Crippen LogP contribution < -0.4 is 5.73 Å². The summed E-state index contributed by atoms with van der Waals surface area (Å²) in [6.07, 6.45) is 4.08. The quantitative estimate of drug-likeness (QED) is 0.320. The van der Waals surface area contributed by atoms with Gasteiger partial charge in [-0.2, -0.15) is 0 Å². The first-order valence-electron chi connectivity index (χ1n) is 2.49. The minimum atomic E-state index is -1.20. The van der Waals surface area contributed by atoms with E-state index in [0.29, 0.717) is 6.29 Å². The number of aldehydes is 1. The van der Waals surface area contributed by atoms with Crippen LogP contribution in [0.5, 0.6) is 0 Å². The van der Waals surface area contributed by atoms with Gasteiger partial charge in [-0.05, 0) is 12.2 Å². The monoisotopic (exact) mass is 141 g/mol. The Labute approximate surface area is 57.6 Å². The fraction of sp³-hybridized carbons (Fsp3) is 0. The van der Waals surface area contributed by atoms with Crippen molar-refractivity contribution in [3.63, 3.8) is 0 Å². The van der Waals surface area contributed by atoms with Gasteiger partial charge in [0.2, 0.25) is 0 Å². The molecule has 54 valence electrons. The van der Waals surface area contributed by atoms with E-state index in [4.69, 9.17) is 10.8 Å². The Balaban J connectivity index is 4.04. The highest BCUT2D eigenvalue weighted by Gasteiger charge is 1.95. The Morgan fingerprint density at radius 3 is 2.40 bits per heavy atom. The smallest absolute Gasteiger partial charge is 0.351 e. The lowest BCUT2D eigenvalue weighted by Gasteiger charge is -1.86. The summed E-state index contributed by atoms with van der Waals surface area (Å²) in [4.78, 5) is 19.6. The molecule has 4 nitrogen and oxygen atoms in total. The number of rotatable bonds is 3. The molecule has 0 aromatic carbocycles. The van der Waals surface area contributed by atoms with Crippen molar-refractivity contribution in [3.8, 4) is 0 Å². The second-order valence-electron chi connectivity index (χ2n) is 1.45. The average Bonchev–Trinajstić information content (AvgIpc) is 1.88. The van der Waals surface area contributed by atoms with Crippen LogP contribution >= 0.6 is 0 Å². The topological polar surface area (TPSA) is 80.4 Å². The van der Waals surface area contributed by atoms with Crippen molar-refractivity contribution >= 4 is 12.3 Å². The summed E-state index contributed by atoms with van der Waals surface area (Å²) in [5.74, 6) is -1.20. The minimum absolute atomic E-state index is 0.293. The molecule has 0 aliphatic heterocycles. The Kier molecular flexibility index (Phi) is 3.63. The van der Waals surface area contributed by atoms with Crippen LogP contribution in [0.2, 0.25) is 0 Å². The summed E-state index contributed by atoms with van der Waals surface area (Å²) in [5.41, 5.74) is 4.66. The van der Waals surface area contributed by atoms with Crippen LogP contribution in [-0.2, 0) is 9.59 Å². The van der Waals surface area contributed by atoms with Gasteiger partial charge in [-0.15, -0.1) is 0 Å². The Morgan fingerprint density at radius 1 is 1.40 bits per heavy atom. The molecule has 0 radical (unpaired) electrons. The molecule has 0 heterocycles. The van der Waals surface area contributed by atoms with E-state index in [1.165, 1.54) is 6.08 Å². The van der Waals surface area contributed by atoms with E-state index < -0.39 is 5.97 Å². The molecule has 0 saturated heterocycles. The number of carboxylic acid groups (broad SMARTS) is 1. The second kappa shape index (κ2) is 4.31. The molecular formula is C6H7NO3. The van der Waals surface area contributed by atoms with Gasteiger partial charge in [0.1, 0.15) is 12.0 Å². The molecule has 0 aromatic heterocycles. The fourth-order valence-corrected chi connectivity index (χ4v) is 0.276. The normalized spacial score (nSPS) is 11.8. The number of hydrogen-bond donors (Lipinski definition) is 2. The third-order valence-electron chi connectivity index (χ3n) is 0.712. The van der Waals surface area contributed by atoms with Crippen LogP contribution in [0.1, 0.15) is 0 Å². The molecule has 0 unspecified atom stereocenters. The van der Waals surface area contributed by atoms with Gasteiger partial charge in [0, 0.05) is 0 Å². The van der Waals surface area contributed by atoms with Crippen molar-refractivity contribution in [2.24, 2.45) is 5.73 Å². The molecule has 0 spiro atoms. The predicted octanol–water partition coefficient (Wildman–Crippen LogP) is -0.331. The first-order valence-corrected chi connectivity index (χ1v) is 2.49. The van der Waals surface area contributed by atoms with Gasteiger partial charge in [0.15, 0.2) is 0 Å². The zero-order chi connectivity index (χ0) is 7.98. The molecule has 0 amide bonds. The van der Waals surface area contributed by atoms with E-state index in [-0.39, 0.29) is 5.70 Å². The van der Waals surface area contributed by atoms with Crippen molar-refractivity contribution in [1.29, 1.82) is 0 Å². The molecule has 0 atom stereocenters. The first kappa shape index (κ1) is 8.42. The molecule has 0 fully saturated rings. The third kappa shape index (κ3) is 3.43. The maximum atomic E-state index is 9.98. The van der Waals surface area contributed by atoms with Crippen LogP contribution in [0.25, 0.3) is 0 Å². The number of allylic oxidation sites excluding steroid dienone is 3. The van der Waals surface area contributed by atoms with Gasteiger partial charge in [-0.25, -0.2) is 4.79 Å². The van der Waals surface area contributed by atoms with Crippen LogP contribution in [0.15, 0.2) is 23.9 Å². The highest BCUT2D eigenvalue weighted by molar-refractivity contribution is 5.85. The Morgan fingerprint density at radius 2 is 2.00 bits per heavy atom. The van der Waals surface area contributed by atoms with Crippen molar-refractivity contribution in [1.82, 2.24) is 0 Å². The lowest BCUT2D eigenvalue weighted by Crippen LogP contribution is -2.08. The number of aliphatic carboxylic acids is 1. The number of nitrogens with two attached hydrogens (primary N) is 1. The average molecular weight is 141 g/mol. The van der Waals surface area contributed by atoms with Crippen LogP contribution in [0, 0.1) is 0 Å². The zero-order valence-electron chi connectivity index (χ0n) is 5.15. The van der Waals surface area contributed by atoms with E-state index in [1.54, 1.807) is 0 Å². The summed E-state index contributed by atoms with van der Waals surface area (Å²) in [6.45, 7) is 0. The van der Waals surface area contributed by atoms with Crippen LogP contribution in [-0.4, -0.2) is 17.4 Å². The molecule has 10 heavy (non-hydrogen) atoms. The molecule has 0 aliphatic rings. The molecule has 0 saturated carbocycles. The van der Waals surface area contributed by atoms with Gasteiger partial charge >= 0.3 is 5.97 Å². The van der Waals surface area contributed by atoms with Gasteiger partial charge in [-0.1, -0.05) is 6.08 Å². The third-order valence-corrected chi connectivity index (χ3v) is 0.712. The van der Waals surface area contributed by atoms with Gasteiger partial charge < -0.3 is 10.8 Å². The van der Waals surface area contributed by atoms with Crippen molar-refractivity contribution in [2.45, 2.75) is 0 Å². The molecule has 3 N–H and O–H groups in total. The van der Waals surface area contributed by atoms with Crippen LogP contribution in [0.3, 0.4) is 0 Å². The van der Waals surface area contributed by atoms with E-state index in [0.717, 1.165) is 12.2 Å². The number of carboxylic acids is 1. The van der Waals surface area contributed by atoms with Crippen molar-refractivity contribution in [2.75, 3.05) is 0 Å². The standard InChI is InChI=1S/C6H7NO3/c7-5(6(9)10)3-1-2-4-8/h1-4H,7H2,(H,9,10)/b2-1-,5-3-. The SMILES string of the molecule is N/C(=C\C=C/C=O)C(=O)O. The van der Waals surface area contributed by atoms with E-state index in [9.17, 15) is 9.59 Å². The van der Waals surface area contributed by atoms with Crippen LogP contribution in [0.4, 0.5) is 0 Å². The number of hydrogen-bond acceptors (Lipinski definition) is 3. The first-order chi connectivity index (χ1) is 4.68. The number of carbonyl (C=O) groups excluding carboxylic acids is 1. The molecule has 0 aliphatic carbocycles. The Bertz CT molecular complexity index is 193. The van der Waals surface area contributed by atoms with Gasteiger partial charge in [0.05, 0.1) is 0 Å². The van der Waals surface area contributed by atoms with Gasteiger partial charge in [0.25, 0.3) is 0 Å². The largest absolute Gasteiger partial charge is 0.477 e. The molecular weight excluding hydrogens is 134 g/mol. The lowest BCUT2D eigenvalue weighted by molar-refractivity contribution is -0.132. The van der Waals surface area contributed by atoms with E-state index in [2.05, 4.69) is 0 Å². The summed E-state index contributed by atoms with van der Waals surface area (Å²) in [6, 6.07) is 0. The molecule has 0 aromatic rings. The molecule has 0 rings (SSSR count). The van der Waals surface area contributed by atoms with Crippen molar-refractivity contribution < 1.29 is 14.7 Å². The summed E-state index contributed by atoms with van der Waals surface area (Å²) in [5, 5.41) is 8.17. The van der Waals surface area contributed by atoms with E-state index in [1.807, 2.05) is 0 Å². The second-order valence-corrected chi connectivity index (χ2v) is 1.45. The Hall–Kier alpha value is -1.58. The number of carbonyl (C=O) groups is 2. The molecule has 0 bridgehead atoms. The molecule has 4 heteroatoms. The predicted molar refractivity (Wildman–Crippen MR) is 35.1 cm³/mol. The van der Waals surface area contributed by atoms with Gasteiger partial charge in [-0.3, -0.25) is 4.79 Å². The summed E-state index contributed by atoms with van der Waals surface area (Å²) >= 11 is 0. The lowest BCUT2D eigenvalue weighted by atomic mass is 10.4. The zero-order valence-corrected chi connectivity index (χ0v) is 5.15. The van der Waals surface area contributed by atoms with E-state index >= 15 is 0 Å². The highest BCUT2D eigenvalue weighted by atomic mass is 16.4. The maximum absolute atomic E-state index is 9.98. The summed E-state index contributed by atoms with van der Waals surface area (Å²) < 4.78 is 0. The maximum Gasteiger partial charge on any atom is 0.351 e. The fourth-order valence-electron chi connectivity index (χ4n) is 0.276.